The van der Waals surface area contributed by atoms with Crippen molar-refractivity contribution in [1.29, 1.82) is 0 Å². The van der Waals surface area contributed by atoms with E-state index in [1.807, 2.05) is 22.7 Å². The van der Waals surface area contributed by atoms with Crippen molar-refractivity contribution in [2.45, 2.75) is 0 Å². The Bertz CT molecular complexity index is 818. The molecular weight excluding hydrogens is 402 g/mol. The van der Waals surface area contributed by atoms with E-state index >= 15 is 0 Å². The van der Waals surface area contributed by atoms with E-state index in [4.69, 9.17) is 10.5 Å². The fraction of sp³-hybridized carbons (Fsp3) is 0.0769. The number of nitrogen functional groups attached to an aromatic ring is 1. The number of imidazole rings is 1. The summed E-state index contributed by atoms with van der Waals surface area (Å²) in [5.74, 6) is 1.69. The molecule has 6 nitrogen and oxygen atoms in total. The zero-order valence-corrected chi connectivity index (χ0v) is 14.1. The molecule has 0 saturated heterocycles. The highest BCUT2D eigenvalue weighted by molar-refractivity contribution is 9.11. The Kier molecular flexibility index (Phi) is 3.73. The average Bonchev–Trinajstić information content (AvgIpc) is 2.89. The zero-order valence-electron chi connectivity index (χ0n) is 11.0. The summed E-state index contributed by atoms with van der Waals surface area (Å²) in [5.41, 5.74) is 7.31. The van der Waals surface area contributed by atoms with E-state index in [0.717, 1.165) is 14.6 Å². The van der Waals surface area contributed by atoms with Crippen LogP contribution < -0.4 is 15.8 Å². The zero-order chi connectivity index (χ0) is 15.0. The van der Waals surface area contributed by atoms with E-state index in [2.05, 4.69) is 47.1 Å². The Morgan fingerprint density at radius 2 is 2.10 bits per heavy atom. The number of nitrogens with one attached hydrogen (secondary N) is 1. The van der Waals surface area contributed by atoms with Gasteiger partial charge in [-0.3, -0.25) is 0 Å². The van der Waals surface area contributed by atoms with Crippen molar-refractivity contribution in [3.8, 4) is 5.75 Å². The molecule has 0 spiro atoms. The topological polar surface area (TPSA) is 77.5 Å². The summed E-state index contributed by atoms with van der Waals surface area (Å²) in [5, 5.41) is 3.22. The first-order valence-corrected chi connectivity index (χ1v) is 7.56. The van der Waals surface area contributed by atoms with Gasteiger partial charge in [0.2, 0.25) is 0 Å². The summed E-state index contributed by atoms with van der Waals surface area (Å²) < 4.78 is 8.84. The predicted octanol–water partition coefficient (Wildman–Crippen LogP) is 3.59. The number of benzene rings is 1. The highest BCUT2D eigenvalue weighted by Gasteiger charge is 2.11. The monoisotopic (exact) mass is 411 g/mol. The number of nitrogens with zero attached hydrogens (tertiary/aromatic N) is 3. The third kappa shape index (κ3) is 2.68. The second-order valence-corrected chi connectivity index (χ2v) is 5.97. The number of anilines is 3. The number of rotatable bonds is 3. The smallest absolute Gasteiger partial charge is 0.180 e. The molecule has 0 aliphatic rings. The van der Waals surface area contributed by atoms with Gasteiger partial charge in [-0.2, -0.15) is 0 Å². The number of nitrogens with two attached hydrogens (primary N) is 1. The highest BCUT2D eigenvalue weighted by atomic mass is 79.9. The maximum absolute atomic E-state index is 5.81. The van der Waals surface area contributed by atoms with Gasteiger partial charge in [0, 0.05) is 22.9 Å². The van der Waals surface area contributed by atoms with Crippen LogP contribution >= 0.6 is 31.9 Å². The summed E-state index contributed by atoms with van der Waals surface area (Å²) >= 11 is 6.94. The Balaban J connectivity index is 2.08. The van der Waals surface area contributed by atoms with Gasteiger partial charge in [0.05, 0.1) is 23.5 Å². The van der Waals surface area contributed by atoms with Crippen LogP contribution in [0.3, 0.4) is 0 Å². The van der Waals surface area contributed by atoms with Crippen LogP contribution in [0.15, 0.2) is 39.7 Å². The van der Waals surface area contributed by atoms with Gasteiger partial charge < -0.3 is 20.2 Å². The second kappa shape index (κ2) is 5.53. The lowest BCUT2D eigenvalue weighted by Crippen LogP contribution is -2.02. The molecule has 1 aromatic carbocycles. The number of fused-ring (bicyclic) bond motifs is 1. The number of ether oxygens (including phenoxy) is 1. The van der Waals surface area contributed by atoms with Gasteiger partial charge in [0.25, 0.3) is 0 Å². The first kappa shape index (κ1) is 14.2. The van der Waals surface area contributed by atoms with Crippen molar-refractivity contribution in [3.63, 3.8) is 0 Å². The third-order valence-electron chi connectivity index (χ3n) is 2.89. The summed E-state index contributed by atoms with van der Waals surface area (Å²) in [7, 11) is 1.61. The maximum atomic E-state index is 5.81. The van der Waals surface area contributed by atoms with E-state index < -0.39 is 0 Å². The quantitative estimate of drug-likeness (QED) is 0.687. The molecule has 0 amide bonds. The van der Waals surface area contributed by atoms with Crippen LogP contribution in [0.2, 0.25) is 0 Å². The second-order valence-electron chi connectivity index (χ2n) is 4.26. The molecule has 0 bridgehead atoms. The van der Waals surface area contributed by atoms with Gasteiger partial charge in [0.1, 0.15) is 11.6 Å². The Morgan fingerprint density at radius 1 is 1.29 bits per heavy atom. The fourth-order valence-electron chi connectivity index (χ4n) is 1.94. The van der Waals surface area contributed by atoms with Crippen LogP contribution in [0.4, 0.5) is 17.3 Å². The van der Waals surface area contributed by atoms with Crippen LogP contribution in [-0.4, -0.2) is 21.5 Å². The van der Waals surface area contributed by atoms with E-state index in [9.17, 15) is 0 Å². The summed E-state index contributed by atoms with van der Waals surface area (Å²) in [6.07, 6.45) is 5.22. The van der Waals surface area contributed by atoms with Gasteiger partial charge in [-0.15, -0.1) is 0 Å². The number of halogens is 2. The average molecular weight is 413 g/mol. The Hall–Kier alpha value is -1.80. The number of hydrogen-bond donors (Lipinski definition) is 2. The highest BCUT2D eigenvalue weighted by Crippen LogP contribution is 2.36. The van der Waals surface area contributed by atoms with Crippen LogP contribution in [-0.2, 0) is 0 Å². The van der Waals surface area contributed by atoms with Crippen molar-refractivity contribution in [2.24, 2.45) is 0 Å². The summed E-state index contributed by atoms with van der Waals surface area (Å²) in [6, 6.07) is 3.76. The van der Waals surface area contributed by atoms with Crippen LogP contribution in [0.25, 0.3) is 5.65 Å². The molecule has 0 unspecified atom stereocenters. The first-order valence-electron chi connectivity index (χ1n) is 5.97. The molecule has 108 valence electrons. The minimum atomic E-state index is 0.406. The SMILES string of the molecule is COc1cc(Nc2nc(N)cn3ccnc23)c(Br)cc1Br. The van der Waals surface area contributed by atoms with E-state index in [1.165, 1.54) is 0 Å². The van der Waals surface area contributed by atoms with Crippen molar-refractivity contribution < 1.29 is 4.74 Å². The number of methoxy groups -OCH3 is 1. The predicted molar refractivity (Wildman–Crippen MR) is 89.1 cm³/mol. The van der Waals surface area contributed by atoms with Crippen molar-refractivity contribution in [1.82, 2.24) is 14.4 Å². The molecule has 0 saturated carbocycles. The molecule has 3 N–H and O–H groups in total. The van der Waals surface area contributed by atoms with Gasteiger partial charge in [-0.25, -0.2) is 9.97 Å². The fourth-order valence-corrected chi connectivity index (χ4v) is 3.20. The molecule has 3 rings (SSSR count). The third-order valence-corrected chi connectivity index (χ3v) is 4.16. The normalized spacial score (nSPS) is 10.8. The molecule has 0 atom stereocenters. The standard InChI is InChI=1S/C13H11Br2N5O/c1-21-10-5-9(7(14)4-8(10)15)18-12-13-17-2-3-20(13)6-11(16)19-12/h2-6H,16H2,1H3,(H,18,19). The van der Waals surface area contributed by atoms with Gasteiger partial charge >= 0.3 is 0 Å². The largest absolute Gasteiger partial charge is 0.495 e. The molecule has 8 heteroatoms. The van der Waals surface area contributed by atoms with Gasteiger partial charge in [0.15, 0.2) is 11.5 Å². The Morgan fingerprint density at radius 3 is 2.86 bits per heavy atom. The van der Waals surface area contributed by atoms with E-state index in [1.54, 1.807) is 19.5 Å². The molecule has 2 aromatic heterocycles. The van der Waals surface area contributed by atoms with E-state index in [0.29, 0.717) is 23.0 Å². The van der Waals surface area contributed by atoms with Crippen molar-refractivity contribution in [3.05, 3.63) is 39.7 Å². The van der Waals surface area contributed by atoms with Crippen LogP contribution in [0.1, 0.15) is 0 Å². The summed E-state index contributed by atoms with van der Waals surface area (Å²) in [6.45, 7) is 0. The van der Waals surface area contributed by atoms with Crippen LogP contribution in [0.5, 0.6) is 5.75 Å². The molecule has 0 aliphatic carbocycles. The lowest BCUT2D eigenvalue weighted by Gasteiger charge is -2.12. The van der Waals surface area contributed by atoms with Crippen LogP contribution in [0, 0.1) is 0 Å². The minimum absolute atomic E-state index is 0.406. The number of hydrogen-bond acceptors (Lipinski definition) is 5. The van der Waals surface area contributed by atoms with Gasteiger partial charge in [-0.05, 0) is 37.9 Å². The molecule has 3 aromatic rings. The molecule has 0 fully saturated rings. The lowest BCUT2D eigenvalue weighted by molar-refractivity contribution is 0.412. The molecule has 0 aliphatic heterocycles. The van der Waals surface area contributed by atoms with Gasteiger partial charge in [-0.1, -0.05) is 0 Å². The van der Waals surface area contributed by atoms with E-state index in [-0.39, 0.29) is 0 Å². The molecule has 0 radical (unpaired) electrons. The molecule has 21 heavy (non-hydrogen) atoms. The minimum Gasteiger partial charge on any atom is -0.495 e. The number of aromatic nitrogens is 3. The Labute approximate surface area is 137 Å². The first-order chi connectivity index (χ1) is 10.1. The van der Waals surface area contributed by atoms with Crippen molar-refractivity contribution >= 4 is 54.8 Å². The van der Waals surface area contributed by atoms with Crippen molar-refractivity contribution in [2.75, 3.05) is 18.2 Å². The maximum Gasteiger partial charge on any atom is 0.180 e. The molecular formula is C13H11Br2N5O. The summed E-state index contributed by atoms with van der Waals surface area (Å²) in [4.78, 5) is 8.57. The lowest BCUT2D eigenvalue weighted by atomic mass is 10.3. The molecule has 2 heterocycles.